The topological polar surface area (TPSA) is 112 Å². The van der Waals surface area contributed by atoms with E-state index in [-0.39, 0.29) is 24.1 Å². The van der Waals surface area contributed by atoms with Crippen LogP contribution in [0, 0.1) is 5.41 Å². The summed E-state index contributed by atoms with van der Waals surface area (Å²) in [6.07, 6.45) is 4.54. The summed E-state index contributed by atoms with van der Waals surface area (Å²) >= 11 is 5.88. The molecule has 2 amide bonds. The summed E-state index contributed by atoms with van der Waals surface area (Å²) in [5.74, 6) is -0.700. The van der Waals surface area contributed by atoms with Gasteiger partial charge in [0.15, 0.2) is 0 Å². The monoisotopic (exact) mass is 391 g/mol. The first-order valence-corrected chi connectivity index (χ1v) is 8.81. The van der Waals surface area contributed by atoms with Gasteiger partial charge in [0.05, 0.1) is 19.1 Å². The van der Waals surface area contributed by atoms with Crippen molar-refractivity contribution in [2.45, 2.75) is 25.8 Å². The second-order valence-corrected chi connectivity index (χ2v) is 6.58. The van der Waals surface area contributed by atoms with Crippen LogP contribution in [0.25, 0.3) is 0 Å². The SMILES string of the molecule is C/C(=C\C(=C/C=N)NC(=O)Cc1cc(Cl)ccc1O)C(=O)NC1CCOC1. The number of ether oxygens (including phenoxy) is 1. The van der Waals surface area contributed by atoms with Gasteiger partial charge in [0.25, 0.3) is 0 Å². The predicted octanol–water partition coefficient (Wildman–Crippen LogP) is 2.09. The van der Waals surface area contributed by atoms with Gasteiger partial charge in [-0.1, -0.05) is 11.6 Å². The summed E-state index contributed by atoms with van der Waals surface area (Å²) in [4.78, 5) is 24.5. The molecule has 7 nitrogen and oxygen atoms in total. The highest BCUT2D eigenvalue weighted by molar-refractivity contribution is 6.30. The third-order valence-electron chi connectivity index (χ3n) is 3.93. The minimum absolute atomic E-state index is 0.0172. The van der Waals surface area contributed by atoms with Gasteiger partial charge < -0.3 is 25.9 Å². The normalized spacial score (nSPS) is 17.5. The summed E-state index contributed by atoms with van der Waals surface area (Å²) < 4.78 is 5.22. The van der Waals surface area contributed by atoms with Crippen LogP contribution in [0.3, 0.4) is 0 Å². The fourth-order valence-electron chi connectivity index (χ4n) is 2.54. The average molecular weight is 392 g/mol. The third kappa shape index (κ3) is 6.54. The Balaban J connectivity index is 2.02. The van der Waals surface area contributed by atoms with Crippen LogP contribution in [0.4, 0.5) is 0 Å². The van der Waals surface area contributed by atoms with Gasteiger partial charge >= 0.3 is 0 Å². The number of allylic oxidation sites excluding steroid dienone is 2. The molecular weight excluding hydrogens is 370 g/mol. The van der Waals surface area contributed by atoms with Crippen LogP contribution < -0.4 is 10.6 Å². The van der Waals surface area contributed by atoms with Crippen LogP contribution in [0.5, 0.6) is 5.75 Å². The van der Waals surface area contributed by atoms with Crippen molar-refractivity contribution in [3.05, 3.63) is 52.2 Å². The standard InChI is InChI=1S/C19H22ClN3O4/c1-12(19(26)23-16-5-7-27-11-16)8-15(4-6-21)22-18(25)10-13-9-14(20)2-3-17(13)24/h2-4,6,8-9,16,21,24H,5,7,10-11H2,1H3,(H,22,25)(H,23,26)/b12-8+,15-4+,21-6?. The van der Waals surface area contributed by atoms with E-state index >= 15 is 0 Å². The first kappa shape index (κ1) is 20.7. The Kier molecular flexibility index (Phi) is 7.57. The Hall–Kier alpha value is -2.64. The number of amides is 2. The molecule has 4 N–H and O–H groups in total. The number of hydrogen-bond acceptors (Lipinski definition) is 5. The molecule has 27 heavy (non-hydrogen) atoms. The largest absolute Gasteiger partial charge is 0.508 e. The highest BCUT2D eigenvalue weighted by Crippen LogP contribution is 2.22. The van der Waals surface area contributed by atoms with Crippen molar-refractivity contribution in [3.63, 3.8) is 0 Å². The molecule has 1 aliphatic rings. The van der Waals surface area contributed by atoms with Gasteiger partial charge in [-0.15, -0.1) is 0 Å². The lowest BCUT2D eigenvalue weighted by Gasteiger charge is -2.12. The number of halogens is 1. The number of nitrogens with one attached hydrogen (secondary N) is 3. The van der Waals surface area contributed by atoms with Gasteiger partial charge in [-0.05, 0) is 43.7 Å². The molecule has 0 spiro atoms. The Morgan fingerprint density at radius 3 is 2.89 bits per heavy atom. The highest BCUT2D eigenvalue weighted by Gasteiger charge is 2.18. The van der Waals surface area contributed by atoms with E-state index in [0.717, 1.165) is 12.6 Å². The van der Waals surface area contributed by atoms with Gasteiger partial charge in [-0.3, -0.25) is 9.59 Å². The first-order valence-electron chi connectivity index (χ1n) is 8.44. The van der Waals surface area contributed by atoms with E-state index in [0.29, 0.717) is 35.1 Å². The Labute approximate surface area is 162 Å². The van der Waals surface area contributed by atoms with Crippen LogP contribution >= 0.6 is 11.6 Å². The van der Waals surface area contributed by atoms with E-state index < -0.39 is 5.91 Å². The summed E-state index contributed by atoms with van der Waals surface area (Å²) in [6, 6.07) is 4.44. The van der Waals surface area contributed by atoms with Crippen LogP contribution in [-0.2, 0) is 20.7 Å². The van der Waals surface area contributed by atoms with Crippen LogP contribution in [0.15, 0.2) is 41.6 Å². The number of carbonyl (C=O) groups excluding carboxylic acids is 2. The lowest BCUT2D eigenvalue weighted by Crippen LogP contribution is -2.35. The molecular formula is C19H22ClN3O4. The predicted molar refractivity (Wildman–Crippen MR) is 103 cm³/mol. The van der Waals surface area contributed by atoms with Crippen LogP contribution in [0.2, 0.25) is 5.02 Å². The average Bonchev–Trinajstić information content (AvgIpc) is 3.11. The molecule has 1 aromatic rings. The van der Waals surface area contributed by atoms with Crippen LogP contribution in [0.1, 0.15) is 18.9 Å². The molecule has 144 valence electrons. The van der Waals surface area contributed by atoms with E-state index in [4.69, 9.17) is 21.7 Å². The zero-order valence-corrected chi connectivity index (χ0v) is 15.7. The lowest BCUT2D eigenvalue weighted by atomic mass is 10.1. The Morgan fingerprint density at radius 2 is 2.22 bits per heavy atom. The second kappa shape index (κ2) is 9.89. The summed E-state index contributed by atoms with van der Waals surface area (Å²) in [6.45, 7) is 2.74. The maximum atomic E-state index is 12.3. The van der Waals surface area contributed by atoms with E-state index in [1.165, 1.54) is 30.4 Å². The number of phenols is 1. The summed E-state index contributed by atoms with van der Waals surface area (Å²) in [5, 5.41) is 22.9. The van der Waals surface area contributed by atoms with Crippen molar-refractivity contribution >= 4 is 29.6 Å². The minimum Gasteiger partial charge on any atom is -0.508 e. The van der Waals surface area contributed by atoms with Crippen molar-refractivity contribution in [3.8, 4) is 5.75 Å². The molecule has 0 aromatic heterocycles. The van der Waals surface area contributed by atoms with Gasteiger partial charge in [0, 0.05) is 34.7 Å². The van der Waals surface area contributed by atoms with Gasteiger partial charge in [-0.25, -0.2) is 0 Å². The van der Waals surface area contributed by atoms with E-state index in [1.54, 1.807) is 6.92 Å². The van der Waals surface area contributed by atoms with Crippen molar-refractivity contribution in [1.82, 2.24) is 10.6 Å². The smallest absolute Gasteiger partial charge is 0.247 e. The highest BCUT2D eigenvalue weighted by atomic mass is 35.5. The van der Waals surface area contributed by atoms with E-state index in [2.05, 4.69) is 10.6 Å². The van der Waals surface area contributed by atoms with Crippen molar-refractivity contribution < 1.29 is 19.4 Å². The molecule has 1 aromatic carbocycles. The number of phenolic OH excluding ortho intramolecular Hbond substituents is 1. The zero-order chi connectivity index (χ0) is 19.8. The fourth-order valence-corrected chi connectivity index (χ4v) is 2.73. The first-order chi connectivity index (χ1) is 12.9. The molecule has 1 fully saturated rings. The fraction of sp³-hybridized carbons (Fsp3) is 0.316. The Bertz CT molecular complexity index is 783. The van der Waals surface area contributed by atoms with E-state index in [9.17, 15) is 14.7 Å². The lowest BCUT2D eigenvalue weighted by molar-refractivity contribution is -0.120. The summed E-state index contributed by atoms with van der Waals surface area (Å²) in [5.41, 5.74) is 1.07. The quantitative estimate of drug-likeness (QED) is 0.324. The maximum absolute atomic E-state index is 12.3. The molecule has 0 saturated carbocycles. The number of benzene rings is 1. The molecule has 2 rings (SSSR count). The van der Waals surface area contributed by atoms with Crippen molar-refractivity contribution in [2.24, 2.45) is 0 Å². The van der Waals surface area contributed by atoms with Gasteiger partial charge in [-0.2, -0.15) is 0 Å². The van der Waals surface area contributed by atoms with Crippen molar-refractivity contribution in [1.29, 1.82) is 5.41 Å². The molecule has 1 heterocycles. The zero-order valence-electron chi connectivity index (χ0n) is 14.9. The molecule has 1 saturated heterocycles. The van der Waals surface area contributed by atoms with Gasteiger partial charge in [0.2, 0.25) is 11.8 Å². The van der Waals surface area contributed by atoms with Gasteiger partial charge in [0.1, 0.15) is 5.75 Å². The molecule has 0 aliphatic carbocycles. The molecule has 1 aliphatic heterocycles. The number of rotatable bonds is 7. The van der Waals surface area contributed by atoms with Crippen LogP contribution in [-0.4, -0.2) is 42.4 Å². The molecule has 8 heteroatoms. The number of carbonyl (C=O) groups is 2. The molecule has 1 atom stereocenters. The Morgan fingerprint density at radius 1 is 1.44 bits per heavy atom. The number of hydrogen-bond donors (Lipinski definition) is 4. The molecule has 0 bridgehead atoms. The molecule has 0 radical (unpaired) electrons. The number of aromatic hydroxyl groups is 1. The maximum Gasteiger partial charge on any atom is 0.247 e. The molecule has 1 unspecified atom stereocenters. The third-order valence-corrected chi connectivity index (χ3v) is 4.17. The second-order valence-electron chi connectivity index (χ2n) is 6.15. The van der Waals surface area contributed by atoms with E-state index in [1.807, 2.05) is 0 Å². The van der Waals surface area contributed by atoms with Crippen molar-refractivity contribution in [2.75, 3.05) is 13.2 Å². The minimum atomic E-state index is -0.408. The summed E-state index contributed by atoms with van der Waals surface area (Å²) in [7, 11) is 0.